The lowest BCUT2D eigenvalue weighted by molar-refractivity contribution is 0.0697. The van der Waals surface area contributed by atoms with Gasteiger partial charge in [-0.15, -0.1) is 0 Å². The van der Waals surface area contributed by atoms with Crippen LogP contribution in [0.2, 0.25) is 0 Å². The molecule has 0 saturated carbocycles. The molecule has 0 unspecified atom stereocenters. The van der Waals surface area contributed by atoms with Crippen LogP contribution in [0.1, 0.15) is 53.7 Å². The number of aromatic nitrogens is 2. The van der Waals surface area contributed by atoms with Crippen molar-refractivity contribution in [1.29, 1.82) is 0 Å². The minimum absolute atomic E-state index is 0.290. The Morgan fingerprint density at radius 1 is 1.15 bits per heavy atom. The highest BCUT2D eigenvalue weighted by molar-refractivity contribution is 5.88. The molecule has 6 heteroatoms. The number of aromatic carboxylic acids is 1. The van der Waals surface area contributed by atoms with E-state index >= 15 is 0 Å². The summed E-state index contributed by atoms with van der Waals surface area (Å²) >= 11 is 0. The van der Waals surface area contributed by atoms with E-state index in [1.54, 1.807) is 18.2 Å². The highest BCUT2D eigenvalue weighted by Gasteiger charge is 2.23. The second kappa shape index (κ2) is 7.50. The van der Waals surface area contributed by atoms with Gasteiger partial charge in [0.05, 0.1) is 16.9 Å². The summed E-state index contributed by atoms with van der Waals surface area (Å²) in [5, 5.41) is 17.8. The van der Waals surface area contributed by atoms with Crippen LogP contribution in [0.25, 0.3) is 5.69 Å². The van der Waals surface area contributed by atoms with Crippen molar-refractivity contribution >= 4 is 11.8 Å². The molecule has 1 saturated heterocycles. The zero-order valence-corrected chi connectivity index (χ0v) is 15.1. The summed E-state index contributed by atoms with van der Waals surface area (Å²) in [5.74, 6) is 0.128. The van der Waals surface area contributed by atoms with Gasteiger partial charge in [-0.3, -0.25) is 4.90 Å². The second-order valence-electron chi connectivity index (χ2n) is 7.26. The van der Waals surface area contributed by atoms with Gasteiger partial charge < -0.3 is 10.4 Å². The van der Waals surface area contributed by atoms with Gasteiger partial charge in [0.25, 0.3) is 0 Å². The van der Waals surface area contributed by atoms with E-state index in [2.05, 4.69) is 10.2 Å². The van der Waals surface area contributed by atoms with Gasteiger partial charge in [-0.2, -0.15) is 5.10 Å². The van der Waals surface area contributed by atoms with E-state index in [-0.39, 0.29) is 5.56 Å². The molecule has 6 nitrogen and oxygen atoms in total. The van der Waals surface area contributed by atoms with E-state index in [0.29, 0.717) is 0 Å². The average molecular weight is 354 g/mol. The maximum absolute atomic E-state index is 11.3. The van der Waals surface area contributed by atoms with Crippen LogP contribution in [-0.4, -0.2) is 45.4 Å². The van der Waals surface area contributed by atoms with Gasteiger partial charge in [-0.25, -0.2) is 9.48 Å². The molecule has 1 aromatic carbocycles. The van der Waals surface area contributed by atoms with Gasteiger partial charge in [-0.05, 0) is 63.4 Å². The van der Waals surface area contributed by atoms with Crippen molar-refractivity contribution in [2.75, 3.05) is 25.0 Å². The number of piperidine rings is 1. The van der Waals surface area contributed by atoms with Gasteiger partial charge in [0.2, 0.25) is 0 Å². The Balaban J connectivity index is 1.72. The van der Waals surface area contributed by atoms with Crippen molar-refractivity contribution in [3.63, 3.8) is 0 Å². The quantitative estimate of drug-likeness (QED) is 0.881. The standard InChI is InChI=1S/C20H26N4O2/c25-20(26)15-7-6-8-16(13-15)24-19-17(9-2-3-10-21-19)18(22-24)14-23-11-4-1-5-12-23/h6-8,13,21H,1-5,9-12,14H2,(H,25,26). The molecule has 3 heterocycles. The van der Waals surface area contributed by atoms with Crippen LogP contribution in [0.15, 0.2) is 24.3 Å². The molecule has 0 amide bonds. The first-order valence-corrected chi connectivity index (χ1v) is 9.63. The summed E-state index contributed by atoms with van der Waals surface area (Å²) in [4.78, 5) is 13.8. The number of carboxylic acid groups (broad SMARTS) is 1. The summed E-state index contributed by atoms with van der Waals surface area (Å²) < 4.78 is 1.91. The monoisotopic (exact) mass is 354 g/mol. The summed E-state index contributed by atoms with van der Waals surface area (Å²) in [5.41, 5.74) is 3.53. The maximum atomic E-state index is 11.3. The number of fused-ring (bicyclic) bond motifs is 1. The zero-order chi connectivity index (χ0) is 17.9. The van der Waals surface area contributed by atoms with Crippen LogP contribution in [0.3, 0.4) is 0 Å². The zero-order valence-electron chi connectivity index (χ0n) is 15.1. The molecule has 2 N–H and O–H groups in total. The van der Waals surface area contributed by atoms with Crippen molar-refractivity contribution in [2.45, 2.75) is 45.1 Å². The molecule has 4 rings (SSSR count). The first-order valence-electron chi connectivity index (χ1n) is 9.63. The van der Waals surface area contributed by atoms with Crippen molar-refractivity contribution in [2.24, 2.45) is 0 Å². The molecule has 138 valence electrons. The highest BCUT2D eigenvalue weighted by Crippen LogP contribution is 2.29. The van der Waals surface area contributed by atoms with Crippen molar-refractivity contribution in [3.8, 4) is 5.69 Å². The minimum atomic E-state index is -0.911. The van der Waals surface area contributed by atoms with Crippen LogP contribution < -0.4 is 5.32 Å². The molecule has 0 bridgehead atoms. The highest BCUT2D eigenvalue weighted by atomic mass is 16.4. The smallest absolute Gasteiger partial charge is 0.335 e. The number of carboxylic acids is 1. The third-order valence-electron chi connectivity index (χ3n) is 5.37. The van der Waals surface area contributed by atoms with Crippen molar-refractivity contribution < 1.29 is 9.90 Å². The van der Waals surface area contributed by atoms with Crippen LogP contribution in [0, 0.1) is 0 Å². The largest absolute Gasteiger partial charge is 0.478 e. The Kier molecular flexibility index (Phi) is 4.93. The molecule has 1 fully saturated rings. The van der Waals surface area contributed by atoms with E-state index in [1.165, 1.54) is 24.8 Å². The van der Waals surface area contributed by atoms with Crippen molar-refractivity contribution in [1.82, 2.24) is 14.7 Å². The van der Waals surface area contributed by atoms with E-state index < -0.39 is 5.97 Å². The number of nitrogens with one attached hydrogen (secondary N) is 1. The van der Waals surface area contributed by atoms with E-state index in [4.69, 9.17) is 5.10 Å². The molecule has 1 aromatic heterocycles. The summed E-state index contributed by atoms with van der Waals surface area (Å²) in [6.45, 7) is 4.10. The Morgan fingerprint density at radius 3 is 2.81 bits per heavy atom. The third-order valence-corrected chi connectivity index (χ3v) is 5.37. The predicted octanol–water partition coefficient (Wildman–Crippen LogP) is 3.30. The van der Waals surface area contributed by atoms with Crippen LogP contribution in [-0.2, 0) is 13.0 Å². The lowest BCUT2D eigenvalue weighted by Gasteiger charge is -2.25. The van der Waals surface area contributed by atoms with E-state index in [0.717, 1.165) is 62.6 Å². The lowest BCUT2D eigenvalue weighted by atomic mass is 10.1. The SMILES string of the molecule is O=C(O)c1cccc(-n2nc(CN3CCCCC3)c3c2NCCCC3)c1. The molecule has 0 radical (unpaired) electrons. The molecular weight excluding hydrogens is 328 g/mol. The number of anilines is 1. The molecule has 0 spiro atoms. The first-order chi connectivity index (χ1) is 12.7. The van der Waals surface area contributed by atoms with Crippen LogP contribution in [0.5, 0.6) is 0 Å². The van der Waals surface area contributed by atoms with Gasteiger partial charge in [0.15, 0.2) is 0 Å². The Bertz CT molecular complexity index is 793. The lowest BCUT2D eigenvalue weighted by Crippen LogP contribution is -2.29. The Labute approximate surface area is 153 Å². The summed E-state index contributed by atoms with van der Waals surface area (Å²) in [6.07, 6.45) is 7.20. The van der Waals surface area contributed by atoms with E-state index in [1.807, 2.05) is 10.7 Å². The predicted molar refractivity (Wildman–Crippen MR) is 101 cm³/mol. The minimum Gasteiger partial charge on any atom is -0.478 e. The van der Waals surface area contributed by atoms with Gasteiger partial charge in [-0.1, -0.05) is 12.5 Å². The first kappa shape index (κ1) is 17.1. The summed E-state index contributed by atoms with van der Waals surface area (Å²) in [6, 6.07) is 7.04. The normalized spacial score (nSPS) is 18.0. The summed E-state index contributed by atoms with van der Waals surface area (Å²) in [7, 11) is 0. The number of hydrogen-bond acceptors (Lipinski definition) is 4. The number of carbonyl (C=O) groups is 1. The van der Waals surface area contributed by atoms with Gasteiger partial charge in [0.1, 0.15) is 5.82 Å². The van der Waals surface area contributed by atoms with Crippen molar-refractivity contribution in [3.05, 3.63) is 41.1 Å². The fraction of sp³-hybridized carbons (Fsp3) is 0.500. The molecule has 2 aliphatic heterocycles. The Morgan fingerprint density at radius 2 is 2.00 bits per heavy atom. The number of benzene rings is 1. The molecule has 2 aromatic rings. The van der Waals surface area contributed by atoms with Crippen LogP contribution >= 0.6 is 0 Å². The maximum Gasteiger partial charge on any atom is 0.335 e. The number of likely N-dealkylation sites (tertiary alicyclic amines) is 1. The fourth-order valence-electron chi connectivity index (χ4n) is 3.99. The molecule has 0 aliphatic carbocycles. The Hall–Kier alpha value is -2.34. The topological polar surface area (TPSA) is 70.4 Å². The number of hydrogen-bond donors (Lipinski definition) is 2. The third kappa shape index (κ3) is 3.46. The van der Waals surface area contributed by atoms with Gasteiger partial charge in [0, 0.05) is 18.7 Å². The van der Waals surface area contributed by atoms with E-state index in [9.17, 15) is 9.90 Å². The second-order valence-corrected chi connectivity index (χ2v) is 7.26. The fourth-order valence-corrected chi connectivity index (χ4v) is 3.99. The molecule has 26 heavy (non-hydrogen) atoms. The van der Waals surface area contributed by atoms with Crippen LogP contribution in [0.4, 0.5) is 5.82 Å². The molecule has 2 aliphatic rings. The molecule has 0 atom stereocenters. The van der Waals surface area contributed by atoms with Gasteiger partial charge >= 0.3 is 5.97 Å². The average Bonchev–Trinajstić information content (AvgIpc) is 2.83. The number of rotatable bonds is 4. The number of nitrogens with zero attached hydrogens (tertiary/aromatic N) is 3. The molecular formula is C20H26N4O2.